The van der Waals surface area contributed by atoms with Gasteiger partial charge in [-0.2, -0.15) is 0 Å². The predicted molar refractivity (Wildman–Crippen MR) is 81.0 cm³/mol. The van der Waals surface area contributed by atoms with Crippen molar-refractivity contribution in [2.75, 3.05) is 40.1 Å². The first-order valence-corrected chi connectivity index (χ1v) is 7.16. The Kier molecular flexibility index (Phi) is 4.46. The van der Waals surface area contributed by atoms with Crippen LogP contribution in [0.1, 0.15) is 29.6 Å². The van der Waals surface area contributed by atoms with Crippen LogP contribution in [0, 0.1) is 5.82 Å². The quantitative estimate of drug-likeness (QED) is 0.900. The lowest BCUT2D eigenvalue weighted by Crippen LogP contribution is -2.57. The summed E-state index contributed by atoms with van der Waals surface area (Å²) in [6.45, 7) is 0.637. The maximum atomic E-state index is 13.4. The number of hydrogen-bond acceptors (Lipinski definition) is 4. The summed E-state index contributed by atoms with van der Waals surface area (Å²) in [5.41, 5.74) is 0.318. The molecule has 6 heteroatoms. The molecule has 1 heterocycles. The van der Waals surface area contributed by atoms with Crippen LogP contribution in [0.25, 0.3) is 0 Å². The standard InChI is InChI=1S/C15H23FN4O/c1-17-13-12(8-11(16)9-18-13)14(21)20(4)10-15(19(2)3)6-5-7-15/h8-9H,5-7,10H2,1-4H3,(H,17,18). The Balaban J connectivity index is 2.18. The van der Waals surface area contributed by atoms with Crippen molar-refractivity contribution in [3.8, 4) is 0 Å². The van der Waals surface area contributed by atoms with Gasteiger partial charge >= 0.3 is 0 Å². The molecule has 0 aromatic carbocycles. The molecule has 116 valence electrons. The highest BCUT2D eigenvalue weighted by Crippen LogP contribution is 2.36. The van der Waals surface area contributed by atoms with E-state index in [9.17, 15) is 9.18 Å². The van der Waals surface area contributed by atoms with Crippen molar-refractivity contribution in [2.45, 2.75) is 24.8 Å². The summed E-state index contributed by atoms with van der Waals surface area (Å²) in [4.78, 5) is 20.3. The average molecular weight is 294 g/mol. The molecule has 0 spiro atoms. The number of rotatable bonds is 5. The zero-order valence-electron chi connectivity index (χ0n) is 13.1. The summed E-state index contributed by atoms with van der Waals surface area (Å²) < 4.78 is 13.4. The topological polar surface area (TPSA) is 48.5 Å². The maximum absolute atomic E-state index is 13.4. The molecule has 1 aliphatic carbocycles. The van der Waals surface area contributed by atoms with E-state index in [1.165, 1.54) is 12.5 Å². The van der Waals surface area contributed by atoms with Gasteiger partial charge in [-0.1, -0.05) is 0 Å². The van der Waals surface area contributed by atoms with Crippen LogP contribution < -0.4 is 5.32 Å². The molecule has 0 aliphatic heterocycles. The van der Waals surface area contributed by atoms with E-state index < -0.39 is 5.82 Å². The second kappa shape index (κ2) is 5.97. The number of halogens is 1. The molecular weight excluding hydrogens is 271 g/mol. The molecule has 0 radical (unpaired) electrons. The molecule has 0 bridgehead atoms. The third kappa shape index (κ3) is 3.00. The lowest BCUT2D eigenvalue weighted by Gasteiger charge is -2.49. The smallest absolute Gasteiger partial charge is 0.257 e. The molecule has 1 aromatic rings. The van der Waals surface area contributed by atoms with Gasteiger partial charge in [-0.05, 0) is 39.4 Å². The van der Waals surface area contributed by atoms with Gasteiger partial charge in [0.2, 0.25) is 0 Å². The van der Waals surface area contributed by atoms with Crippen molar-refractivity contribution in [1.29, 1.82) is 0 Å². The minimum absolute atomic E-state index is 0.0466. The fraction of sp³-hybridized carbons (Fsp3) is 0.600. The lowest BCUT2D eigenvalue weighted by molar-refractivity contribution is 0.0252. The number of amides is 1. The number of nitrogens with one attached hydrogen (secondary N) is 1. The minimum atomic E-state index is -0.503. The normalized spacial score (nSPS) is 16.5. The van der Waals surface area contributed by atoms with Crippen molar-refractivity contribution in [3.05, 3.63) is 23.6 Å². The van der Waals surface area contributed by atoms with Crippen LogP contribution in [0.5, 0.6) is 0 Å². The van der Waals surface area contributed by atoms with Gasteiger partial charge < -0.3 is 15.1 Å². The van der Waals surface area contributed by atoms with Crippen LogP contribution in [0.15, 0.2) is 12.3 Å². The summed E-state index contributed by atoms with van der Waals surface area (Å²) in [5.74, 6) is -0.308. The van der Waals surface area contributed by atoms with E-state index in [-0.39, 0.29) is 17.0 Å². The minimum Gasteiger partial charge on any atom is -0.372 e. The Labute approximate surface area is 125 Å². The van der Waals surface area contributed by atoms with E-state index in [4.69, 9.17) is 0 Å². The number of likely N-dealkylation sites (N-methyl/N-ethyl adjacent to an activating group) is 2. The van der Waals surface area contributed by atoms with E-state index in [0.717, 1.165) is 19.0 Å². The van der Waals surface area contributed by atoms with Crippen LogP contribution >= 0.6 is 0 Å². The Morgan fingerprint density at radius 3 is 2.57 bits per heavy atom. The Morgan fingerprint density at radius 2 is 2.10 bits per heavy atom. The number of anilines is 1. The molecule has 1 amide bonds. The summed E-state index contributed by atoms with van der Waals surface area (Å²) in [6.07, 6.45) is 4.45. The molecular formula is C15H23FN4O. The third-order valence-corrected chi connectivity index (χ3v) is 4.43. The van der Waals surface area contributed by atoms with Gasteiger partial charge in [0, 0.05) is 26.2 Å². The largest absolute Gasteiger partial charge is 0.372 e. The number of carbonyl (C=O) groups is 1. The van der Waals surface area contributed by atoms with Crippen LogP contribution in [-0.2, 0) is 0 Å². The predicted octanol–water partition coefficient (Wildman–Crippen LogP) is 1.82. The van der Waals surface area contributed by atoms with Gasteiger partial charge in [0.05, 0.1) is 11.8 Å². The second-order valence-corrected chi connectivity index (χ2v) is 5.93. The van der Waals surface area contributed by atoms with Crippen molar-refractivity contribution in [3.63, 3.8) is 0 Å². The van der Waals surface area contributed by atoms with Crippen LogP contribution in [-0.4, -0.2) is 61.0 Å². The third-order valence-electron chi connectivity index (χ3n) is 4.43. The SMILES string of the molecule is CNc1ncc(F)cc1C(=O)N(C)CC1(N(C)C)CCC1. The molecule has 1 aliphatic rings. The van der Waals surface area contributed by atoms with Crippen LogP contribution in [0.2, 0.25) is 0 Å². The number of aromatic nitrogens is 1. The molecule has 1 fully saturated rings. The van der Waals surface area contributed by atoms with Crippen molar-refractivity contribution in [1.82, 2.24) is 14.8 Å². The monoisotopic (exact) mass is 294 g/mol. The number of nitrogens with zero attached hydrogens (tertiary/aromatic N) is 3. The summed E-state index contributed by atoms with van der Waals surface area (Å²) in [7, 11) is 7.51. The highest BCUT2D eigenvalue weighted by Gasteiger charge is 2.40. The molecule has 1 N–H and O–H groups in total. The van der Waals surface area contributed by atoms with Gasteiger partial charge in [-0.25, -0.2) is 9.37 Å². The summed E-state index contributed by atoms with van der Waals surface area (Å²) in [5, 5.41) is 2.84. The van der Waals surface area contributed by atoms with Gasteiger partial charge in [-0.15, -0.1) is 0 Å². The Bertz CT molecular complexity index is 528. The fourth-order valence-corrected chi connectivity index (χ4v) is 2.85. The second-order valence-electron chi connectivity index (χ2n) is 5.93. The van der Waals surface area contributed by atoms with Gasteiger partial charge in [0.15, 0.2) is 0 Å². The molecule has 2 rings (SSSR count). The van der Waals surface area contributed by atoms with E-state index in [1.807, 2.05) is 14.1 Å². The van der Waals surface area contributed by atoms with Crippen molar-refractivity contribution >= 4 is 11.7 Å². The van der Waals surface area contributed by atoms with E-state index in [2.05, 4.69) is 15.2 Å². The number of pyridine rings is 1. The highest BCUT2D eigenvalue weighted by atomic mass is 19.1. The van der Waals surface area contributed by atoms with Crippen molar-refractivity contribution < 1.29 is 9.18 Å². The summed E-state index contributed by atoms with van der Waals surface area (Å²) in [6, 6.07) is 1.24. The first-order valence-electron chi connectivity index (χ1n) is 7.16. The first-order chi connectivity index (χ1) is 9.89. The lowest BCUT2D eigenvalue weighted by atomic mass is 9.75. The van der Waals surface area contributed by atoms with Crippen molar-refractivity contribution in [2.24, 2.45) is 0 Å². The fourth-order valence-electron chi connectivity index (χ4n) is 2.85. The average Bonchev–Trinajstić information content (AvgIpc) is 2.41. The molecule has 1 saturated carbocycles. The van der Waals surface area contributed by atoms with Gasteiger partial charge in [-0.3, -0.25) is 4.79 Å². The van der Waals surface area contributed by atoms with Crippen LogP contribution in [0.4, 0.5) is 10.2 Å². The number of carbonyl (C=O) groups excluding carboxylic acids is 1. The van der Waals surface area contributed by atoms with E-state index in [0.29, 0.717) is 12.4 Å². The molecule has 5 nitrogen and oxygen atoms in total. The Hall–Kier alpha value is -1.69. The highest BCUT2D eigenvalue weighted by molar-refractivity contribution is 5.98. The van der Waals surface area contributed by atoms with Crippen LogP contribution in [0.3, 0.4) is 0 Å². The summed E-state index contributed by atoms with van der Waals surface area (Å²) >= 11 is 0. The Morgan fingerprint density at radius 1 is 1.43 bits per heavy atom. The molecule has 1 aromatic heterocycles. The first kappa shape index (κ1) is 15.7. The van der Waals surface area contributed by atoms with Gasteiger partial charge in [0.25, 0.3) is 5.91 Å². The van der Waals surface area contributed by atoms with Gasteiger partial charge in [0.1, 0.15) is 11.6 Å². The zero-order chi connectivity index (χ0) is 15.6. The molecule has 0 atom stereocenters. The molecule has 0 unspecified atom stereocenters. The zero-order valence-corrected chi connectivity index (χ0v) is 13.1. The number of hydrogen-bond donors (Lipinski definition) is 1. The maximum Gasteiger partial charge on any atom is 0.257 e. The van der Waals surface area contributed by atoms with E-state index in [1.54, 1.807) is 19.0 Å². The van der Waals surface area contributed by atoms with E-state index >= 15 is 0 Å². The molecule has 0 saturated heterocycles. The molecule has 21 heavy (non-hydrogen) atoms.